The number of aliphatic hydroxyl groups excluding tert-OH is 4. The molecular weight excluding hydrogens is 822 g/mol. The van der Waals surface area contributed by atoms with Crippen LogP contribution < -0.4 is 31.7 Å². The molecule has 0 saturated heterocycles. The van der Waals surface area contributed by atoms with Crippen molar-refractivity contribution in [2.75, 3.05) is 84.6 Å². The van der Waals surface area contributed by atoms with Gasteiger partial charge in [-0.1, -0.05) is 83.3 Å². The van der Waals surface area contributed by atoms with Crippen molar-refractivity contribution in [2.45, 2.75) is 0 Å². The van der Waals surface area contributed by atoms with Crippen molar-refractivity contribution < 1.29 is 39.8 Å². The predicted octanol–water partition coefficient (Wildman–Crippen LogP) is 3.21. The summed E-state index contributed by atoms with van der Waals surface area (Å²) in [6, 6.07) is 33.9. The standard InChI is InChI=1S/C40H44N12O8.2Na.2H/c53-21-25-57-51(58-26-22-54)39-47-35(41-31-7-3-1-4-8-31)45-37(49-39)43-33-17-13-29(14-18-33)11-12-30-15-19-34(20-16-30)44-38-46-36(42-32-9-5-2-6-10-32)48-40(50-38)52(59-27-23-55)60-28-24-56;;;;/h1-20,53-56H,21-28H2,(H2,41,43,45,47,49)(H2,42,44,46,48,50);;;;. The molecule has 0 spiro atoms. The van der Waals surface area contributed by atoms with Crippen LogP contribution in [-0.2, 0) is 19.4 Å². The summed E-state index contributed by atoms with van der Waals surface area (Å²) in [6.45, 7) is -1.51. The summed E-state index contributed by atoms with van der Waals surface area (Å²) in [6.07, 6.45) is 3.94. The van der Waals surface area contributed by atoms with E-state index >= 15 is 0 Å². The molecule has 0 atom stereocenters. The fourth-order valence-electron chi connectivity index (χ4n) is 5.02. The summed E-state index contributed by atoms with van der Waals surface area (Å²) < 4.78 is 0. The molecule has 0 amide bonds. The third-order valence-electron chi connectivity index (χ3n) is 7.63. The predicted molar refractivity (Wildman–Crippen MR) is 239 cm³/mol. The molecule has 20 nitrogen and oxygen atoms in total. The van der Waals surface area contributed by atoms with Crippen molar-refractivity contribution >= 4 is 130 Å². The van der Waals surface area contributed by atoms with Crippen molar-refractivity contribution in [2.24, 2.45) is 0 Å². The van der Waals surface area contributed by atoms with Crippen LogP contribution in [0.3, 0.4) is 0 Å². The second kappa shape index (κ2) is 27.2. The maximum atomic E-state index is 9.31. The van der Waals surface area contributed by atoms with Gasteiger partial charge >= 0.3 is 59.1 Å². The number of benzene rings is 4. The van der Waals surface area contributed by atoms with Gasteiger partial charge in [0.25, 0.3) is 11.9 Å². The molecule has 2 heterocycles. The second-order valence-electron chi connectivity index (χ2n) is 12.1. The minimum atomic E-state index is -0.279. The van der Waals surface area contributed by atoms with Gasteiger partial charge in [-0.25, -0.2) is 19.4 Å². The number of nitrogens with one attached hydrogen (secondary N) is 4. The summed E-state index contributed by atoms with van der Waals surface area (Å²) in [5.41, 5.74) is 4.72. The van der Waals surface area contributed by atoms with Crippen LogP contribution in [0.15, 0.2) is 109 Å². The van der Waals surface area contributed by atoms with Crippen molar-refractivity contribution in [3.8, 4) is 0 Å². The molecule has 6 aromatic rings. The Labute approximate surface area is 401 Å². The normalized spacial score (nSPS) is 10.7. The molecule has 0 saturated carbocycles. The van der Waals surface area contributed by atoms with Gasteiger partial charge in [-0.2, -0.15) is 29.9 Å². The number of aliphatic hydroxyl groups is 4. The second-order valence-corrected chi connectivity index (χ2v) is 12.1. The van der Waals surface area contributed by atoms with E-state index in [1.165, 1.54) is 0 Å². The van der Waals surface area contributed by atoms with E-state index in [0.717, 1.165) is 33.0 Å². The Morgan fingerprint density at radius 2 is 0.661 bits per heavy atom. The molecule has 0 aliphatic heterocycles. The fourth-order valence-corrected chi connectivity index (χ4v) is 5.02. The van der Waals surface area contributed by atoms with Gasteiger partial charge in [-0.3, -0.25) is 0 Å². The van der Waals surface area contributed by atoms with E-state index in [4.69, 9.17) is 19.4 Å². The molecule has 316 valence electrons. The summed E-state index contributed by atoms with van der Waals surface area (Å²) in [7, 11) is 0. The number of hydrogen-bond acceptors (Lipinski definition) is 20. The summed E-state index contributed by atoms with van der Waals surface area (Å²) in [4.78, 5) is 48.5. The van der Waals surface area contributed by atoms with Crippen LogP contribution in [0.4, 0.5) is 58.4 Å². The monoisotopic (exact) mass is 868 g/mol. The molecule has 8 N–H and O–H groups in total. The average Bonchev–Trinajstić information content (AvgIpc) is 3.27. The van der Waals surface area contributed by atoms with Gasteiger partial charge < -0.3 is 41.7 Å². The Balaban J connectivity index is 0.00000422. The molecule has 0 fully saturated rings. The molecule has 0 radical (unpaired) electrons. The first kappa shape index (κ1) is 49.8. The first-order valence-electron chi connectivity index (χ1n) is 18.7. The Hall–Kier alpha value is -4.88. The first-order valence-corrected chi connectivity index (χ1v) is 18.7. The van der Waals surface area contributed by atoms with Gasteiger partial charge in [0.05, 0.1) is 26.4 Å². The van der Waals surface area contributed by atoms with Gasteiger partial charge in [0.1, 0.15) is 26.4 Å². The summed E-state index contributed by atoms with van der Waals surface area (Å²) in [5.74, 6) is 0.718. The van der Waals surface area contributed by atoms with Crippen LogP contribution in [0.1, 0.15) is 11.1 Å². The average molecular weight is 869 g/mol. The van der Waals surface area contributed by atoms with Gasteiger partial charge in [-0.15, -0.1) is 0 Å². The Morgan fingerprint density at radius 3 is 0.935 bits per heavy atom. The van der Waals surface area contributed by atoms with E-state index in [1.54, 1.807) is 0 Å². The first-order chi connectivity index (χ1) is 29.5. The molecule has 62 heavy (non-hydrogen) atoms. The molecular formula is C40H46N12Na2O8. The van der Waals surface area contributed by atoms with E-state index in [0.29, 0.717) is 11.4 Å². The van der Waals surface area contributed by atoms with Crippen molar-refractivity contribution in [1.29, 1.82) is 0 Å². The maximum absolute atomic E-state index is 9.31. The third kappa shape index (κ3) is 16.1. The van der Waals surface area contributed by atoms with Gasteiger partial charge in [0, 0.05) is 22.7 Å². The molecule has 0 unspecified atom stereocenters. The summed E-state index contributed by atoms with van der Waals surface area (Å²) >= 11 is 0. The molecule has 22 heteroatoms. The van der Waals surface area contributed by atoms with Crippen molar-refractivity contribution in [3.63, 3.8) is 0 Å². The Morgan fingerprint density at radius 1 is 0.387 bits per heavy atom. The van der Waals surface area contributed by atoms with Crippen LogP contribution >= 0.6 is 0 Å². The van der Waals surface area contributed by atoms with Crippen LogP contribution in [-0.4, -0.2) is 162 Å². The minimum absolute atomic E-state index is 0. The molecule has 6 rings (SSSR count). The van der Waals surface area contributed by atoms with Crippen molar-refractivity contribution in [1.82, 2.24) is 29.9 Å². The van der Waals surface area contributed by atoms with Crippen molar-refractivity contribution in [3.05, 3.63) is 120 Å². The van der Waals surface area contributed by atoms with E-state index in [2.05, 4.69) is 51.2 Å². The van der Waals surface area contributed by atoms with Gasteiger partial charge in [-0.05, 0) is 59.7 Å². The van der Waals surface area contributed by atoms with Crippen LogP contribution in [0.2, 0.25) is 0 Å². The molecule has 2 aromatic heterocycles. The number of hydrogen-bond donors (Lipinski definition) is 8. The van der Waals surface area contributed by atoms with Crippen LogP contribution in [0.25, 0.3) is 12.2 Å². The third-order valence-corrected chi connectivity index (χ3v) is 7.63. The zero-order valence-corrected chi connectivity index (χ0v) is 32.2. The Bertz CT molecular complexity index is 2050. The molecule has 0 aliphatic carbocycles. The van der Waals surface area contributed by atoms with Crippen LogP contribution in [0, 0.1) is 0 Å². The van der Waals surface area contributed by atoms with Crippen LogP contribution in [0.5, 0.6) is 0 Å². The van der Waals surface area contributed by atoms with Gasteiger partial charge in [0.15, 0.2) is 0 Å². The molecule has 4 aromatic carbocycles. The zero-order chi connectivity index (χ0) is 41.8. The molecule has 0 bridgehead atoms. The van der Waals surface area contributed by atoms with E-state index in [9.17, 15) is 20.4 Å². The Kier molecular flexibility index (Phi) is 21.9. The number of aromatic nitrogens is 6. The number of rotatable bonds is 24. The SMILES string of the molecule is OCCON(OCCO)c1nc(Nc2ccccc2)nc(Nc2ccc(C=Cc3ccc(Nc4nc(Nc5ccccc5)nc(N(OCCO)OCCO)n4)cc3)cc2)n1.[NaH].[NaH]. The zero-order valence-electron chi connectivity index (χ0n) is 32.2. The van der Waals surface area contributed by atoms with E-state index < -0.39 is 0 Å². The van der Waals surface area contributed by atoms with E-state index in [1.807, 2.05) is 121 Å². The molecule has 0 aliphatic rings. The number of nitrogens with zero attached hydrogens (tertiary/aromatic N) is 8. The quantitative estimate of drug-likeness (QED) is 0.0247. The number of para-hydroxylation sites is 2. The van der Waals surface area contributed by atoms with Gasteiger partial charge in [0.2, 0.25) is 23.8 Å². The van der Waals surface area contributed by atoms with E-state index in [-0.39, 0.29) is 148 Å². The topological polar surface area (TPSA) is 250 Å². The fraction of sp³-hybridized carbons (Fsp3) is 0.200. The summed E-state index contributed by atoms with van der Waals surface area (Å²) in [5, 5.41) is 51.7. The number of anilines is 10.